The van der Waals surface area contributed by atoms with Gasteiger partial charge in [0.05, 0.1) is 78.5 Å². The highest BCUT2D eigenvalue weighted by Gasteiger charge is 2.65. The van der Waals surface area contributed by atoms with Crippen molar-refractivity contribution in [2.75, 3.05) is 14.2 Å². The van der Waals surface area contributed by atoms with Gasteiger partial charge in [0.15, 0.2) is 0 Å². The van der Waals surface area contributed by atoms with Gasteiger partial charge in [-0.25, -0.2) is 0 Å². The zero-order valence-electron chi connectivity index (χ0n) is 78.0. The molecule has 25 heteroatoms. The van der Waals surface area contributed by atoms with E-state index in [2.05, 4.69) is 38.3 Å². The highest BCUT2D eigenvalue weighted by Crippen LogP contribution is 2.66. The quantitative estimate of drug-likeness (QED) is 0.0348. The van der Waals surface area contributed by atoms with Crippen LogP contribution in [0.1, 0.15) is 331 Å². The predicted molar refractivity (Wildman–Crippen MR) is 472 cm³/mol. The highest BCUT2D eigenvalue weighted by atomic mass is 16.6. The topological polar surface area (TPSA) is 385 Å². The van der Waals surface area contributed by atoms with Crippen molar-refractivity contribution in [3.05, 3.63) is 0 Å². The third-order valence-corrected chi connectivity index (χ3v) is 36.6. The van der Waals surface area contributed by atoms with E-state index in [9.17, 15) is 67.7 Å². The van der Waals surface area contributed by atoms with Crippen molar-refractivity contribution in [2.45, 2.75) is 371 Å². The number of rotatable bonds is 24. The maximum atomic E-state index is 12.6. The zero-order valence-corrected chi connectivity index (χ0v) is 78.0. The summed E-state index contributed by atoms with van der Waals surface area (Å²) in [6.45, 7) is 29.7. The van der Waals surface area contributed by atoms with Crippen molar-refractivity contribution >= 4 is 71.5 Å². The second-order valence-electron chi connectivity index (χ2n) is 45.9. The lowest BCUT2D eigenvalue weighted by Gasteiger charge is -2.62. The molecule has 0 saturated heterocycles. The molecule has 0 aromatic carbocycles. The molecule has 714 valence electrons. The van der Waals surface area contributed by atoms with E-state index in [0.717, 1.165) is 150 Å². The molecular formula is C101H162N2O23. The van der Waals surface area contributed by atoms with Crippen LogP contribution >= 0.6 is 0 Å². The molecule has 0 radical (unpaired) electrons. The number of amides is 2. The largest absolute Gasteiger partial charge is 0.481 e. The van der Waals surface area contributed by atoms with Gasteiger partial charge in [0.1, 0.15) is 22.4 Å². The maximum Gasteiger partial charge on any atom is 0.310 e. The lowest BCUT2D eigenvalue weighted by Crippen LogP contribution is -2.61. The maximum absolute atomic E-state index is 12.6. The van der Waals surface area contributed by atoms with Crippen molar-refractivity contribution in [1.82, 2.24) is 10.6 Å². The summed E-state index contributed by atoms with van der Waals surface area (Å²) in [4.78, 5) is 142. The van der Waals surface area contributed by atoms with Crippen LogP contribution in [0, 0.1) is 177 Å². The molecule has 25 nitrogen and oxygen atoms in total. The second kappa shape index (κ2) is 39.2. The molecule has 23 rings (SSSR count). The van der Waals surface area contributed by atoms with Gasteiger partial charge in [0.25, 0.3) is 0 Å². The Balaban J connectivity index is 0.000000157. The number of carboxylic acid groups (broad SMARTS) is 4. The van der Waals surface area contributed by atoms with Crippen LogP contribution in [-0.4, -0.2) is 151 Å². The Labute approximate surface area is 751 Å². The number of esters is 6. The summed E-state index contributed by atoms with van der Waals surface area (Å²) in [5.41, 5.74) is -2.52. The minimum Gasteiger partial charge on any atom is -0.481 e. The van der Waals surface area contributed by atoms with Crippen LogP contribution in [0.15, 0.2) is 0 Å². The first kappa shape index (κ1) is 102. The number of methoxy groups -OCH3 is 2. The first-order valence-electron chi connectivity index (χ1n) is 48.2. The number of aliphatic carboxylic acids is 4. The molecule has 2 amide bonds. The third-order valence-electron chi connectivity index (χ3n) is 36.6. The molecule has 0 heterocycles. The van der Waals surface area contributed by atoms with Crippen LogP contribution in [-0.2, 0) is 86.0 Å². The fourth-order valence-electron chi connectivity index (χ4n) is 29.4. The summed E-state index contributed by atoms with van der Waals surface area (Å²) in [7, 11) is 2.74. The highest BCUT2D eigenvalue weighted by molar-refractivity contribution is 5.87. The van der Waals surface area contributed by atoms with E-state index in [-0.39, 0.29) is 109 Å². The van der Waals surface area contributed by atoms with Crippen molar-refractivity contribution in [1.29, 1.82) is 0 Å². The second-order valence-corrected chi connectivity index (χ2v) is 45.9. The summed E-state index contributed by atoms with van der Waals surface area (Å²) in [6, 6.07) is 0.251. The molecule has 19 atom stereocenters. The fourth-order valence-corrected chi connectivity index (χ4v) is 29.4. The van der Waals surface area contributed by atoms with Crippen LogP contribution in [0.2, 0.25) is 0 Å². The normalized spacial score (nSPS) is 40.5. The standard InChI is InChI=1S/C17H27NO3.C17H29NO3.C17H24O6.C17H26O4.C16H24O4.C15H24O3.2CH4/c1-10(11(2)16(20)21-3)15(19)18-17-7-12-4-13(8-17)6-14(5-12)9-17;1-9(10(2)16(20)21-6)15(19)18-14-8-12-7-13(11(14)3)17(12,4)5;1-9(13(18)19)10(2)14(20)23-17-6-11-3-12(7-17)5-16(4-11,8-17)15(21)22;1-9(15(18)19)10(2)16(20)21-17(3)13-5-11-4-12(7-13)8-14(17)6-11;1-9(14(17)18)10(2)15(19)20-16-6-11-3-12(7-16)5-13(4-11)8-16;1-3-10(2)13(16)18-15-7-11-4-12(8-15)6-14(17,5-11)9-15;;/h10-14H,4-9H2,1-3H3,(H,18,19);9-14H,7-8H2,1-6H3,(H,18,19);9-12H,3-8H2,1-2H3,(H,18,19)(H,21,22);9-14H,4-8H2,1-3H3,(H,18,19);9-13H,3-8H2,1-2H3,(H,17,18);10-12,17H,3-9H2,1-2H3;2*1H4/t;9?,10?,11?,12-,13+,14+;;;;;;/m.0....../s1. The van der Waals surface area contributed by atoms with E-state index in [1.807, 2.05) is 20.8 Å². The Morgan fingerprint density at radius 3 is 1.06 bits per heavy atom. The molecule has 23 aliphatic carbocycles. The van der Waals surface area contributed by atoms with Gasteiger partial charge in [-0.1, -0.05) is 119 Å². The number of ether oxygens (including phenoxy) is 6. The average Bonchev–Trinajstić information content (AvgIpc) is 0.709. The molecule has 23 aliphatic rings. The molecule has 0 aliphatic heterocycles. The number of carbonyl (C=O) groups is 12. The summed E-state index contributed by atoms with van der Waals surface area (Å²) < 4.78 is 33.0. The Bertz CT molecular complexity index is 3830. The molecule has 126 heavy (non-hydrogen) atoms. The van der Waals surface area contributed by atoms with Gasteiger partial charge >= 0.3 is 59.7 Å². The van der Waals surface area contributed by atoms with Crippen molar-refractivity contribution < 1.29 is 111 Å². The molecular weight excluding hydrogens is 1610 g/mol. The van der Waals surface area contributed by atoms with E-state index in [0.29, 0.717) is 78.4 Å². The Morgan fingerprint density at radius 1 is 0.357 bits per heavy atom. The van der Waals surface area contributed by atoms with Gasteiger partial charge < -0.3 is 64.6 Å². The van der Waals surface area contributed by atoms with Gasteiger partial charge in [-0.15, -0.1) is 0 Å². The molecule has 0 aromatic heterocycles. The minimum absolute atomic E-state index is 0. The van der Waals surface area contributed by atoms with E-state index in [1.54, 1.807) is 55.4 Å². The van der Waals surface area contributed by atoms with Crippen LogP contribution < -0.4 is 10.6 Å². The first-order valence-corrected chi connectivity index (χ1v) is 48.2. The molecule has 0 aromatic rings. The number of nitrogens with one attached hydrogen (secondary N) is 2. The van der Waals surface area contributed by atoms with Crippen molar-refractivity contribution in [3.8, 4) is 0 Å². The third kappa shape index (κ3) is 21.5. The van der Waals surface area contributed by atoms with Crippen LogP contribution in [0.25, 0.3) is 0 Å². The monoisotopic (exact) mass is 1770 g/mol. The summed E-state index contributed by atoms with van der Waals surface area (Å²) in [5.74, 6) is -0.218. The number of hydrogen-bond donors (Lipinski definition) is 7. The molecule has 0 spiro atoms. The number of fused-ring (bicyclic) bond motifs is 2. The zero-order chi connectivity index (χ0) is 91.0. The van der Waals surface area contributed by atoms with Gasteiger partial charge in [-0.05, 0) is 306 Å². The van der Waals surface area contributed by atoms with E-state index >= 15 is 0 Å². The smallest absolute Gasteiger partial charge is 0.310 e. The Kier molecular flexibility index (Phi) is 31.6. The van der Waals surface area contributed by atoms with Crippen LogP contribution in [0.4, 0.5) is 0 Å². The van der Waals surface area contributed by atoms with Gasteiger partial charge in [-0.3, -0.25) is 57.5 Å². The minimum atomic E-state index is -1.03. The average molecular weight is 1770 g/mol. The number of carboxylic acids is 4. The summed E-state index contributed by atoms with van der Waals surface area (Å²) in [5, 5.41) is 53.9. The number of carbonyl (C=O) groups excluding carboxylic acids is 8. The van der Waals surface area contributed by atoms with E-state index in [1.165, 1.54) is 105 Å². The van der Waals surface area contributed by atoms with Crippen molar-refractivity contribution in [3.63, 3.8) is 0 Å². The first-order chi connectivity index (χ1) is 57.9. The predicted octanol–water partition coefficient (Wildman–Crippen LogP) is 17.3. The number of aliphatic hydroxyl groups is 1. The lowest BCUT2D eigenvalue weighted by atomic mass is 9.45. The van der Waals surface area contributed by atoms with Gasteiger partial charge in [-0.2, -0.15) is 0 Å². The molecule has 23 saturated carbocycles. The van der Waals surface area contributed by atoms with Gasteiger partial charge in [0, 0.05) is 36.3 Å². The molecule has 22 bridgehead atoms. The summed E-state index contributed by atoms with van der Waals surface area (Å²) in [6.07, 6.45) is 33.6. The number of hydrogen-bond acceptors (Lipinski definition) is 19. The Morgan fingerprint density at radius 2 is 0.690 bits per heavy atom. The molecule has 23 fully saturated rings. The van der Waals surface area contributed by atoms with Crippen LogP contribution in [0.3, 0.4) is 0 Å². The van der Waals surface area contributed by atoms with Crippen molar-refractivity contribution in [2.24, 2.45) is 177 Å². The van der Waals surface area contributed by atoms with Crippen LogP contribution in [0.5, 0.6) is 0 Å². The van der Waals surface area contributed by atoms with E-state index in [4.69, 9.17) is 43.7 Å². The summed E-state index contributed by atoms with van der Waals surface area (Å²) >= 11 is 0. The van der Waals surface area contributed by atoms with Gasteiger partial charge in [0.2, 0.25) is 11.8 Å². The molecule has 7 N–H and O–H groups in total. The van der Waals surface area contributed by atoms with E-state index < -0.39 is 87.9 Å². The Hall–Kier alpha value is -6.40. The lowest BCUT2D eigenvalue weighted by molar-refractivity contribution is -0.222. The molecule has 16 unspecified atom stereocenters. The SMILES string of the molecule is C.C.CC(C(=O)O)C(C)C(=O)OC1(C)C2CC3CC(C2)CC1C3.CC(C(=O)O)C(C)C(=O)OC12CC3CC(C1)CC(C(=O)O)(C3)C2.CC(C(=O)O)C(C)C(=O)OC12CC3CC(CC(C3)C1)C2.CCC(C)C(=O)OC12CC3CC(CC(O)(C3)C1)C2.COC(=O)C(C)C(C)C(=O)NC12CC3CC(CC(C3)C1)C2.COC(=O)C(C)C(C)C(=O)N[C@@H]1C[C@@H]2C[C@H](C1C)C2(C)C. The fraction of sp³-hybridized carbons (Fsp3) is 0.881.